The first-order valence-electron chi connectivity index (χ1n) is 6.09. The van der Waals surface area contributed by atoms with Gasteiger partial charge in [0.2, 0.25) is 11.9 Å². The van der Waals surface area contributed by atoms with Crippen molar-refractivity contribution in [3.05, 3.63) is 41.2 Å². The maximum atomic E-state index is 5.64. The predicted octanol–water partition coefficient (Wildman–Crippen LogP) is 1.50. The molecular formula is C13H15N5. The third-order valence-corrected chi connectivity index (χ3v) is 3.37. The quantitative estimate of drug-likeness (QED) is 0.789. The molecule has 1 aromatic heterocycles. The van der Waals surface area contributed by atoms with Crippen LogP contribution < -0.4 is 11.5 Å². The molecule has 1 heterocycles. The van der Waals surface area contributed by atoms with Gasteiger partial charge in [0.15, 0.2) is 0 Å². The minimum absolute atomic E-state index is 0.183. The summed E-state index contributed by atoms with van der Waals surface area (Å²) in [5, 5.41) is 0. The van der Waals surface area contributed by atoms with Crippen LogP contribution in [0.5, 0.6) is 0 Å². The molecule has 4 N–H and O–H groups in total. The van der Waals surface area contributed by atoms with Crippen molar-refractivity contribution in [3.63, 3.8) is 0 Å². The zero-order valence-electron chi connectivity index (χ0n) is 10.0. The van der Waals surface area contributed by atoms with Gasteiger partial charge in [-0.05, 0) is 30.4 Å². The molecule has 0 spiro atoms. The second-order valence-electron chi connectivity index (χ2n) is 4.55. The van der Waals surface area contributed by atoms with E-state index in [1.54, 1.807) is 0 Å². The molecule has 92 valence electrons. The van der Waals surface area contributed by atoms with E-state index in [1.807, 2.05) is 6.07 Å². The van der Waals surface area contributed by atoms with E-state index >= 15 is 0 Å². The van der Waals surface area contributed by atoms with Crippen molar-refractivity contribution >= 4 is 11.9 Å². The molecular weight excluding hydrogens is 226 g/mol. The highest BCUT2D eigenvalue weighted by Crippen LogP contribution is 2.35. The molecule has 1 aliphatic carbocycles. The van der Waals surface area contributed by atoms with Crippen molar-refractivity contribution in [2.24, 2.45) is 0 Å². The number of hydrogen-bond donors (Lipinski definition) is 2. The highest BCUT2D eigenvalue weighted by Gasteiger charge is 2.24. The molecule has 1 aliphatic rings. The number of anilines is 2. The Morgan fingerprint density at radius 2 is 1.72 bits per heavy atom. The fraction of sp³-hybridized carbons (Fsp3) is 0.308. The molecule has 1 aromatic carbocycles. The summed E-state index contributed by atoms with van der Waals surface area (Å²) in [7, 11) is 0. The van der Waals surface area contributed by atoms with E-state index in [9.17, 15) is 0 Å². The molecule has 18 heavy (non-hydrogen) atoms. The molecule has 3 rings (SSSR count). The number of benzene rings is 1. The summed E-state index contributed by atoms with van der Waals surface area (Å²) in [6.45, 7) is 0. The number of aromatic nitrogens is 3. The number of nitrogen functional groups attached to an aromatic ring is 2. The van der Waals surface area contributed by atoms with E-state index in [1.165, 1.54) is 11.1 Å². The van der Waals surface area contributed by atoms with Crippen molar-refractivity contribution < 1.29 is 0 Å². The second-order valence-corrected chi connectivity index (χ2v) is 4.55. The molecule has 0 radical (unpaired) electrons. The number of aryl methyl sites for hydroxylation is 1. The molecule has 0 saturated heterocycles. The summed E-state index contributed by atoms with van der Waals surface area (Å²) in [6, 6.07) is 8.41. The average Bonchev–Trinajstić information content (AvgIpc) is 2.37. The van der Waals surface area contributed by atoms with Gasteiger partial charge in [-0.3, -0.25) is 0 Å². The molecule has 0 aliphatic heterocycles. The van der Waals surface area contributed by atoms with Crippen LogP contribution in [0.2, 0.25) is 0 Å². The molecule has 1 atom stereocenters. The summed E-state index contributed by atoms with van der Waals surface area (Å²) in [5.74, 6) is 1.26. The van der Waals surface area contributed by atoms with E-state index in [0.29, 0.717) is 5.82 Å². The molecule has 5 heteroatoms. The van der Waals surface area contributed by atoms with Crippen molar-refractivity contribution in [1.82, 2.24) is 15.0 Å². The van der Waals surface area contributed by atoms with Crippen molar-refractivity contribution in [2.45, 2.75) is 25.2 Å². The Bertz CT molecular complexity index is 561. The van der Waals surface area contributed by atoms with E-state index in [0.717, 1.165) is 19.3 Å². The number of hydrogen-bond acceptors (Lipinski definition) is 5. The zero-order valence-corrected chi connectivity index (χ0v) is 10.0. The summed E-state index contributed by atoms with van der Waals surface area (Å²) in [6.07, 6.45) is 3.27. The normalized spacial score (nSPS) is 18.3. The monoisotopic (exact) mass is 241 g/mol. The topological polar surface area (TPSA) is 90.7 Å². The van der Waals surface area contributed by atoms with Crippen LogP contribution in [0.1, 0.15) is 35.7 Å². The third-order valence-electron chi connectivity index (χ3n) is 3.37. The summed E-state index contributed by atoms with van der Waals surface area (Å²) in [5.41, 5.74) is 13.9. The second kappa shape index (κ2) is 4.25. The van der Waals surface area contributed by atoms with Crippen LogP contribution in [0.25, 0.3) is 0 Å². The third kappa shape index (κ3) is 1.88. The van der Waals surface area contributed by atoms with E-state index in [-0.39, 0.29) is 17.8 Å². The first-order chi connectivity index (χ1) is 8.74. The lowest BCUT2D eigenvalue weighted by molar-refractivity contribution is 0.589. The molecule has 5 nitrogen and oxygen atoms in total. The van der Waals surface area contributed by atoms with Gasteiger partial charge in [0, 0.05) is 5.92 Å². The van der Waals surface area contributed by atoms with Gasteiger partial charge >= 0.3 is 0 Å². The number of rotatable bonds is 1. The summed E-state index contributed by atoms with van der Waals surface area (Å²) >= 11 is 0. The van der Waals surface area contributed by atoms with Gasteiger partial charge in [-0.25, -0.2) is 0 Å². The van der Waals surface area contributed by atoms with Crippen molar-refractivity contribution in [2.75, 3.05) is 11.5 Å². The fourth-order valence-electron chi connectivity index (χ4n) is 2.61. The fourth-order valence-corrected chi connectivity index (χ4v) is 2.61. The minimum Gasteiger partial charge on any atom is -0.368 e. The number of fused-ring (bicyclic) bond motifs is 1. The Hall–Kier alpha value is -2.17. The highest BCUT2D eigenvalue weighted by molar-refractivity contribution is 5.38. The molecule has 0 saturated carbocycles. The first kappa shape index (κ1) is 11.0. The van der Waals surface area contributed by atoms with Crippen LogP contribution in [0, 0.1) is 0 Å². The van der Waals surface area contributed by atoms with Gasteiger partial charge in [-0.2, -0.15) is 15.0 Å². The van der Waals surface area contributed by atoms with Gasteiger partial charge in [0.1, 0.15) is 5.82 Å². The van der Waals surface area contributed by atoms with Crippen LogP contribution >= 0.6 is 0 Å². The van der Waals surface area contributed by atoms with Crippen LogP contribution in [0.4, 0.5) is 11.9 Å². The minimum atomic E-state index is 0.183. The van der Waals surface area contributed by atoms with Gasteiger partial charge < -0.3 is 11.5 Å². The van der Waals surface area contributed by atoms with Crippen LogP contribution in [0.3, 0.4) is 0 Å². The lowest BCUT2D eigenvalue weighted by Crippen LogP contribution is -2.16. The van der Waals surface area contributed by atoms with Crippen LogP contribution in [-0.4, -0.2) is 15.0 Å². The molecule has 0 amide bonds. The van der Waals surface area contributed by atoms with E-state index in [2.05, 4.69) is 33.2 Å². The number of nitrogens with two attached hydrogens (primary N) is 2. The molecule has 0 bridgehead atoms. The van der Waals surface area contributed by atoms with Crippen LogP contribution in [0.15, 0.2) is 24.3 Å². The largest absolute Gasteiger partial charge is 0.368 e. The van der Waals surface area contributed by atoms with E-state index in [4.69, 9.17) is 11.5 Å². The lowest BCUT2D eigenvalue weighted by Gasteiger charge is -2.24. The SMILES string of the molecule is Nc1nc(N)nc(C2CCCc3ccccc32)n1. The summed E-state index contributed by atoms with van der Waals surface area (Å²) < 4.78 is 0. The van der Waals surface area contributed by atoms with E-state index < -0.39 is 0 Å². The predicted molar refractivity (Wildman–Crippen MR) is 69.9 cm³/mol. The van der Waals surface area contributed by atoms with Crippen molar-refractivity contribution in [3.8, 4) is 0 Å². The van der Waals surface area contributed by atoms with Gasteiger partial charge in [-0.15, -0.1) is 0 Å². The first-order valence-corrected chi connectivity index (χ1v) is 6.09. The Morgan fingerprint density at radius 3 is 2.50 bits per heavy atom. The molecule has 2 aromatic rings. The molecule has 1 unspecified atom stereocenters. The smallest absolute Gasteiger partial charge is 0.225 e. The average molecular weight is 241 g/mol. The van der Waals surface area contributed by atoms with Gasteiger partial charge in [-0.1, -0.05) is 24.3 Å². The van der Waals surface area contributed by atoms with Gasteiger partial charge in [0.25, 0.3) is 0 Å². The highest BCUT2D eigenvalue weighted by atomic mass is 15.1. The molecule has 0 fully saturated rings. The van der Waals surface area contributed by atoms with Crippen molar-refractivity contribution in [1.29, 1.82) is 0 Å². The lowest BCUT2D eigenvalue weighted by atomic mass is 9.82. The van der Waals surface area contributed by atoms with Crippen LogP contribution in [-0.2, 0) is 6.42 Å². The Labute approximate surface area is 105 Å². The standard InChI is InChI=1S/C13H15N5/c14-12-16-11(17-13(15)18-12)10-7-3-5-8-4-1-2-6-9(8)10/h1-2,4,6,10H,3,5,7H2,(H4,14,15,16,17,18). The Morgan fingerprint density at radius 1 is 1.00 bits per heavy atom. The zero-order chi connectivity index (χ0) is 12.5. The van der Waals surface area contributed by atoms with Gasteiger partial charge in [0.05, 0.1) is 0 Å². The number of nitrogens with zero attached hydrogens (tertiary/aromatic N) is 3. The summed E-state index contributed by atoms with van der Waals surface area (Å²) in [4.78, 5) is 12.3. The Balaban J connectivity index is 2.08. The Kier molecular flexibility index (Phi) is 2.59. The maximum absolute atomic E-state index is 5.64. The maximum Gasteiger partial charge on any atom is 0.225 e.